The number of aryl methyl sites for hydroxylation is 1. The molecule has 6 nitrogen and oxygen atoms in total. The molecule has 0 unspecified atom stereocenters. The van der Waals surface area contributed by atoms with Gasteiger partial charge in [0.15, 0.2) is 0 Å². The predicted molar refractivity (Wildman–Crippen MR) is 100 cm³/mol. The minimum atomic E-state index is -3.75. The fraction of sp³-hybridized carbons (Fsp3) is 0.250. The van der Waals surface area contributed by atoms with Gasteiger partial charge in [-0.3, -0.25) is 0 Å². The zero-order chi connectivity index (χ0) is 18.8. The monoisotopic (exact) mass is 381 g/mol. The molecule has 0 amide bonds. The first kappa shape index (κ1) is 16.7. The van der Waals surface area contributed by atoms with E-state index in [4.69, 9.17) is 5.14 Å². The summed E-state index contributed by atoms with van der Waals surface area (Å²) < 4.78 is 25.4. The third-order valence-electron chi connectivity index (χ3n) is 5.84. The van der Waals surface area contributed by atoms with Crippen LogP contribution in [0.15, 0.2) is 59.9 Å². The van der Waals surface area contributed by atoms with Crippen LogP contribution < -0.4 is 5.14 Å². The van der Waals surface area contributed by atoms with Crippen molar-refractivity contribution >= 4 is 10.0 Å². The Morgan fingerprint density at radius 1 is 1.15 bits per heavy atom. The number of hydrogen-bond acceptors (Lipinski definition) is 4. The van der Waals surface area contributed by atoms with Crippen molar-refractivity contribution in [2.45, 2.75) is 29.9 Å². The molecule has 3 aromatic rings. The van der Waals surface area contributed by atoms with Gasteiger partial charge in [-0.1, -0.05) is 30.3 Å². The summed E-state index contributed by atoms with van der Waals surface area (Å²) in [4.78, 5) is 4.39. The van der Waals surface area contributed by atoms with E-state index in [1.54, 1.807) is 12.1 Å². The number of primary sulfonamides is 1. The molecule has 1 aliphatic carbocycles. The number of aliphatic hydroxyl groups excluding tert-OH is 1. The van der Waals surface area contributed by atoms with Crippen LogP contribution >= 0.6 is 0 Å². The zero-order valence-corrected chi connectivity index (χ0v) is 15.3. The van der Waals surface area contributed by atoms with E-state index in [1.807, 2.05) is 24.7 Å². The molecule has 138 valence electrons. The van der Waals surface area contributed by atoms with Crippen molar-refractivity contribution in [2.75, 3.05) is 0 Å². The van der Waals surface area contributed by atoms with Crippen LogP contribution in [-0.2, 0) is 16.4 Å². The molecule has 0 radical (unpaired) electrons. The summed E-state index contributed by atoms with van der Waals surface area (Å²) in [6, 6.07) is 13.0. The van der Waals surface area contributed by atoms with E-state index in [1.165, 1.54) is 11.6 Å². The Morgan fingerprint density at radius 3 is 2.78 bits per heavy atom. The first-order valence-electron chi connectivity index (χ1n) is 8.90. The summed E-state index contributed by atoms with van der Waals surface area (Å²) in [5.41, 5.74) is 5.05. The maximum atomic E-state index is 11.6. The summed E-state index contributed by atoms with van der Waals surface area (Å²) in [5, 5.41) is 16.4. The summed E-state index contributed by atoms with van der Waals surface area (Å²) in [6.07, 6.45) is 4.45. The highest BCUT2D eigenvalue weighted by Gasteiger charge is 2.40. The Kier molecular flexibility index (Phi) is 3.56. The van der Waals surface area contributed by atoms with Crippen molar-refractivity contribution in [1.82, 2.24) is 9.55 Å². The fourth-order valence-electron chi connectivity index (χ4n) is 4.62. The molecule has 2 aromatic carbocycles. The Labute approximate surface area is 157 Å². The number of rotatable bonds is 2. The van der Waals surface area contributed by atoms with Gasteiger partial charge in [0, 0.05) is 11.5 Å². The molecule has 2 heterocycles. The highest BCUT2D eigenvalue weighted by molar-refractivity contribution is 7.89. The molecule has 0 spiro atoms. The lowest BCUT2D eigenvalue weighted by Gasteiger charge is -2.35. The molecule has 5 rings (SSSR count). The van der Waals surface area contributed by atoms with Gasteiger partial charge in [0.2, 0.25) is 10.0 Å². The number of nitrogens with two attached hydrogens (primary N) is 1. The lowest BCUT2D eigenvalue weighted by molar-refractivity contribution is 0.0719. The molecule has 3 atom stereocenters. The molecule has 0 saturated carbocycles. The van der Waals surface area contributed by atoms with Gasteiger partial charge in [0.25, 0.3) is 0 Å². The molecule has 1 aliphatic heterocycles. The molecule has 27 heavy (non-hydrogen) atoms. The number of fused-ring (bicyclic) bond motifs is 4. The topological polar surface area (TPSA) is 98.2 Å². The Balaban J connectivity index is 1.57. The number of imidazole rings is 1. The van der Waals surface area contributed by atoms with Gasteiger partial charge in [0.05, 0.1) is 35.3 Å². The molecule has 3 N–H and O–H groups in total. The van der Waals surface area contributed by atoms with Crippen LogP contribution in [-0.4, -0.2) is 23.1 Å². The van der Waals surface area contributed by atoms with E-state index in [9.17, 15) is 13.5 Å². The van der Waals surface area contributed by atoms with Crippen LogP contribution in [0.25, 0.3) is 11.3 Å². The van der Waals surface area contributed by atoms with Crippen molar-refractivity contribution in [2.24, 2.45) is 11.1 Å². The van der Waals surface area contributed by atoms with E-state index < -0.39 is 16.1 Å². The number of sulfonamides is 1. The molecule has 0 bridgehead atoms. The minimum absolute atomic E-state index is 0.0137. The maximum Gasteiger partial charge on any atom is 0.238 e. The smallest absolute Gasteiger partial charge is 0.238 e. The number of aromatic nitrogens is 2. The molecule has 1 aromatic heterocycles. The lowest BCUT2D eigenvalue weighted by Crippen LogP contribution is -2.29. The second-order valence-electron chi connectivity index (χ2n) is 7.27. The Hall–Kier alpha value is -2.48. The maximum absolute atomic E-state index is 11.6. The largest absolute Gasteiger partial charge is 0.388 e. The normalized spacial score (nSPS) is 23.6. The second kappa shape index (κ2) is 5.76. The van der Waals surface area contributed by atoms with Gasteiger partial charge in [-0.05, 0) is 41.7 Å². The average molecular weight is 381 g/mol. The number of nitrogens with zero attached hydrogens (tertiary/aromatic N) is 2. The van der Waals surface area contributed by atoms with Crippen LogP contribution in [0.5, 0.6) is 0 Å². The van der Waals surface area contributed by atoms with Crippen molar-refractivity contribution in [3.63, 3.8) is 0 Å². The highest BCUT2D eigenvalue weighted by Crippen LogP contribution is 2.49. The van der Waals surface area contributed by atoms with Crippen LogP contribution in [0.4, 0.5) is 0 Å². The van der Waals surface area contributed by atoms with E-state index in [-0.39, 0.29) is 16.9 Å². The number of aliphatic hydroxyl groups is 1. The van der Waals surface area contributed by atoms with E-state index >= 15 is 0 Å². The third kappa shape index (κ3) is 2.46. The zero-order valence-electron chi connectivity index (χ0n) is 14.5. The molecule has 0 fully saturated rings. The standard InChI is InChI=1S/C20H19N3O3S/c21-27(25,26)13-6-8-14-12(9-13)5-7-17(20(14)24)19-16-4-2-1-3-15(16)18-10-22-11-23(18)19/h1-4,6,8-11,17,19-20,24H,5,7H2,(H2,21,25,26)/t17-,19+,20-/m1/s1. The van der Waals surface area contributed by atoms with Crippen LogP contribution in [0.2, 0.25) is 0 Å². The van der Waals surface area contributed by atoms with Crippen LogP contribution in [0.1, 0.15) is 35.3 Å². The first-order valence-corrected chi connectivity index (χ1v) is 10.4. The molecule has 2 aliphatic rings. The van der Waals surface area contributed by atoms with Crippen molar-refractivity contribution in [3.05, 3.63) is 71.7 Å². The summed E-state index contributed by atoms with van der Waals surface area (Å²) in [7, 11) is -3.75. The third-order valence-corrected chi connectivity index (χ3v) is 6.75. The highest BCUT2D eigenvalue weighted by atomic mass is 32.2. The Morgan fingerprint density at radius 2 is 1.96 bits per heavy atom. The first-order chi connectivity index (χ1) is 12.9. The SMILES string of the molecule is NS(=O)(=O)c1ccc2c(c1)CC[C@H]([C@@H]1c3ccccc3-c3cncn31)[C@@H]2O. The Bertz CT molecular complexity index is 1150. The van der Waals surface area contributed by atoms with Gasteiger partial charge >= 0.3 is 0 Å². The molecular formula is C20H19N3O3S. The molecule has 0 saturated heterocycles. The van der Waals surface area contributed by atoms with E-state index in [0.29, 0.717) is 6.42 Å². The van der Waals surface area contributed by atoms with Gasteiger partial charge in [0.1, 0.15) is 0 Å². The van der Waals surface area contributed by atoms with Crippen molar-refractivity contribution in [3.8, 4) is 11.3 Å². The lowest BCUT2D eigenvalue weighted by atomic mass is 9.76. The van der Waals surface area contributed by atoms with Crippen LogP contribution in [0.3, 0.4) is 0 Å². The summed E-state index contributed by atoms with van der Waals surface area (Å²) in [5.74, 6) is -0.0190. The average Bonchev–Trinajstić information content (AvgIpc) is 3.22. The van der Waals surface area contributed by atoms with Crippen LogP contribution in [0, 0.1) is 5.92 Å². The number of benzene rings is 2. The molecular weight excluding hydrogens is 362 g/mol. The molecule has 7 heteroatoms. The fourth-order valence-corrected chi connectivity index (χ4v) is 5.18. The second-order valence-corrected chi connectivity index (χ2v) is 8.83. The number of hydrogen-bond donors (Lipinski definition) is 2. The van der Waals surface area contributed by atoms with Gasteiger partial charge in [-0.25, -0.2) is 18.5 Å². The van der Waals surface area contributed by atoms with Gasteiger partial charge < -0.3 is 9.67 Å². The summed E-state index contributed by atoms with van der Waals surface area (Å²) in [6.45, 7) is 0. The predicted octanol–water partition coefficient (Wildman–Crippen LogP) is 2.40. The van der Waals surface area contributed by atoms with Crippen molar-refractivity contribution < 1.29 is 13.5 Å². The van der Waals surface area contributed by atoms with E-state index in [0.717, 1.165) is 28.8 Å². The summed E-state index contributed by atoms with van der Waals surface area (Å²) >= 11 is 0. The van der Waals surface area contributed by atoms with Gasteiger partial charge in [-0.15, -0.1) is 0 Å². The van der Waals surface area contributed by atoms with Gasteiger partial charge in [-0.2, -0.15) is 0 Å². The van der Waals surface area contributed by atoms with E-state index in [2.05, 4.69) is 21.7 Å². The van der Waals surface area contributed by atoms with Crippen molar-refractivity contribution in [1.29, 1.82) is 0 Å². The quantitative estimate of drug-likeness (QED) is 0.712. The minimum Gasteiger partial charge on any atom is -0.388 e.